The van der Waals surface area contributed by atoms with Crippen LogP contribution in [0.1, 0.15) is 15.2 Å². The number of benzene rings is 2. The van der Waals surface area contributed by atoms with Gasteiger partial charge in [0.1, 0.15) is 12.4 Å². The van der Waals surface area contributed by atoms with Crippen LogP contribution in [0.15, 0.2) is 60.0 Å². The molecule has 0 unspecified atom stereocenters. The van der Waals surface area contributed by atoms with E-state index in [0.29, 0.717) is 16.3 Å². The maximum absolute atomic E-state index is 12.3. The maximum atomic E-state index is 12.3. The van der Waals surface area contributed by atoms with Crippen molar-refractivity contribution in [1.29, 1.82) is 0 Å². The number of carbonyl (C=O) groups is 1. The van der Waals surface area contributed by atoms with Crippen LogP contribution in [0.4, 0.5) is 11.4 Å². The fourth-order valence-electron chi connectivity index (χ4n) is 2.33. The minimum Gasteiger partial charge on any atom is -0.497 e. The van der Waals surface area contributed by atoms with Gasteiger partial charge < -0.3 is 14.8 Å². The second-order valence-electron chi connectivity index (χ2n) is 5.52. The summed E-state index contributed by atoms with van der Waals surface area (Å²) < 4.78 is 10.6. The molecule has 8 heteroatoms. The van der Waals surface area contributed by atoms with Gasteiger partial charge in [-0.15, -0.1) is 11.3 Å². The van der Waals surface area contributed by atoms with Gasteiger partial charge in [-0.05, 0) is 41.8 Å². The summed E-state index contributed by atoms with van der Waals surface area (Å²) >= 11 is 1.28. The highest BCUT2D eigenvalue weighted by molar-refractivity contribution is 7.12. The standard InChI is InChI=1S/C19H16N2O5S/c1-25-15-8-6-14(7-9-15)20-19(22)18-10-13(12-27-18)11-26-17-5-3-2-4-16(17)21(23)24/h2-10,12H,11H2,1H3,(H,20,22). The van der Waals surface area contributed by atoms with E-state index < -0.39 is 4.92 Å². The Kier molecular flexibility index (Phi) is 5.68. The van der Waals surface area contributed by atoms with Crippen molar-refractivity contribution in [1.82, 2.24) is 0 Å². The van der Waals surface area contributed by atoms with Crippen LogP contribution in [0.25, 0.3) is 0 Å². The van der Waals surface area contributed by atoms with E-state index in [0.717, 1.165) is 5.56 Å². The van der Waals surface area contributed by atoms with Gasteiger partial charge in [0.05, 0.1) is 16.9 Å². The van der Waals surface area contributed by atoms with Crippen LogP contribution in [-0.4, -0.2) is 17.9 Å². The smallest absolute Gasteiger partial charge is 0.310 e. The molecule has 0 aliphatic heterocycles. The minimum atomic E-state index is -0.489. The lowest BCUT2D eigenvalue weighted by Gasteiger charge is -2.05. The molecule has 0 atom stereocenters. The molecule has 3 rings (SSSR count). The lowest BCUT2D eigenvalue weighted by molar-refractivity contribution is -0.385. The molecule has 1 amide bonds. The summed E-state index contributed by atoms with van der Waals surface area (Å²) in [7, 11) is 1.58. The Morgan fingerprint density at radius 1 is 1.19 bits per heavy atom. The van der Waals surface area contributed by atoms with E-state index in [1.807, 2.05) is 0 Å². The van der Waals surface area contributed by atoms with Gasteiger partial charge >= 0.3 is 5.69 Å². The Labute approximate surface area is 159 Å². The van der Waals surface area contributed by atoms with Crippen molar-refractivity contribution in [2.24, 2.45) is 0 Å². The number of ether oxygens (including phenoxy) is 2. The third-order valence-electron chi connectivity index (χ3n) is 3.68. The molecule has 0 bridgehead atoms. The molecule has 138 valence electrons. The molecular formula is C19H16N2O5S. The first-order chi connectivity index (χ1) is 13.1. The number of rotatable bonds is 7. The average Bonchev–Trinajstić information content (AvgIpc) is 3.16. The van der Waals surface area contributed by atoms with E-state index in [9.17, 15) is 14.9 Å². The molecule has 0 aliphatic rings. The highest BCUT2D eigenvalue weighted by atomic mass is 32.1. The van der Waals surface area contributed by atoms with E-state index in [4.69, 9.17) is 9.47 Å². The number of para-hydroxylation sites is 2. The van der Waals surface area contributed by atoms with Crippen LogP contribution in [0.5, 0.6) is 11.5 Å². The quantitative estimate of drug-likeness (QED) is 0.478. The Hall–Kier alpha value is -3.39. The normalized spacial score (nSPS) is 10.3. The summed E-state index contributed by atoms with van der Waals surface area (Å²) in [5.41, 5.74) is 1.33. The van der Waals surface area contributed by atoms with Crippen LogP contribution in [0.2, 0.25) is 0 Å². The molecule has 3 aromatic rings. The average molecular weight is 384 g/mol. The van der Waals surface area contributed by atoms with Crippen molar-refractivity contribution in [3.8, 4) is 11.5 Å². The summed E-state index contributed by atoms with van der Waals surface area (Å²) in [6.07, 6.45) is 0. The second kappa shape index (κ2) is 8.33. The molecule has 0 saturated carbocycles. The molecule has 7 nitrogen and oxygen atoms in total. The summed E-state index contributed by atoms with van der Waals surface area (Å²) in [4.78, 5) is 23.4. The largest absolute Gasteiger partial charge is 0.497 e. The predicted octanol–water partition coefficient (Wildman–Crippen LogP) is 4.50. The number of carbonyl (C=O) groups excluding carboxylic acids is 1. The number of hydrogen-bond donors (Lipinski definition) is 1. The Bertz CT molecular complexity index is 953. The van der Waals surface area contributed by atoms with Gasteiger partial charge in [0.2, 0.25) is 0 Å². The topological polar surface area (TPSA) is 90.7 Å². The van der Waals surface area contributed by atoms with Crippen molar-refractivity contribution in [2.75, 3.05) is 12.4 Å². The van der Waals surface area contributed by atoms with Gasteiger partial charge in [-0.1, -0.05) is 12.1 Å². The molecule has 1 aromatic heterocycles. The third-order valence-corrected chi connectivity index (χ3v) is 4.66. The molecular weight excluding hydrogens is 368 g/mol. The molecule has 0 spiro atoms. The van der Waals surface area contributed by atoms with Crippen LogP contribution in [0.3, 0.4) is 0 Å². The molecule has 0 fully saturated rings. The van der Waals surface area contributed by atoms with Crippen molar-refractivity contribution >= 4 is 28.6 Å². The van der Waals surface area contributed by atoms with Gasteiger partial charge in [0.25, 0.3) is 5.91 Å². The lowest BCUT2D eigenvalue weighted by atomic mass is 10.2. The monoisotopic (exact) mass is 384 g/mol. The number of nitro groups is 1. The SMILES string of the molecule is COc1ccc(NC(=O)c2cc(COc3ccccc3[N+](=O)[O-])cs2)cc1. The van der Waals surface area contributed by atoms with Crippen molar-refractivity contribution in [3.05, 3.63) is 80.5 Å². The molecule has 0 saturated heterocycles. The summed E-state index contributed by atoms with van der Waals surface area (Å²) in [6, 6.07) is 14.9. The predicted molar refractivity (Wildman–Crippen MR) is 103 cm³/mol. The molecule has 0 aliphatic carbocycles. The Morgan fingerprint density at radius 3 is 2.63 bits per heavy atom. The number of hydrogen-bond acceptors (Lipinski definition) is 6. The number of methoxy groups -OCH3 is 1. The maximum Gasteiger partial charge on any atom is 0.310 e. The summed E-state index contributed by atoms with van der Waals surface area (Å²) in [6.45, 7) is 0.136. The zero-order chi connectivity index (χ0) is 19.2. The first kappa shape index (κ1) is 18.4. The zero-order valence-electron chi connectivity index (χ0n) is 14.4. The number of anilines is 1. The molecule has 0 radical (unpaired) electrons. The Balaban J connectivity index is 1.62. The number of nitro benzene ring substituents is 1. The first-order valence-electron chi connectivity index (χ1n) is 7.96. The highest BCUT2D eigenvalue weighted by Crippen LogP contribution is 2.27. The van der Waals surface area contributed by atoms with E-state index in [2.05, 4.69) is 5.32 Å². The van der Waals surface area contributed by atoms with Crippen LogP contribution >= 0.6 is 11.3 Å². The lowest BCUT2D eigenvalue weighted by Crippen LogP contribution is -2.10. The van der Waals surface area contributed by atoms with Crippen molar-refractivity contribution < 1.29 is 19.2 Å². The van der Waals surface area contributed by atoms with Crippen molar-refractivity contribution in [3.63, 3.8) is 0 Å². The number of amides is 1. The number of thiophene rings is 1. The van der Waals surface area contributed by atoms with E-state index >= 15 is 0 Å². The van der Waals surface area contributed by atoms with Gasteiger partial charge in [-0.2, -0.15) is 0 Å². The van der Waals surface area contributed by atoms with Crippen LogP contribution < -0.4 is 14.8 Å². The molecule has 2 aromatic carbocycles. The Morgan fingerprint density at radius 2 is 1.93 bits per heavy atom. The number of nitrogens with zero attached hydrogens (tertiary/aromatic N) is 1. The minimum absolute atomic E-state index is 0.0924. The van der Waals surface area contributed by atoms with Gasteiger partial charge in [0, 0.05) is 17.3 Å². The first-order valence-corrected chi connectivity index (χ1v) is 8.84. The molecule has 1 N–H and O–H groups in total. The third kappa shape index (κ3) is 4.62. The summed E-state index contributed by atoms with van der Waals surface area (Å²) in [5.74, 6) is 0.665. The highest BCUT2D eigenvalue weighted by Gasteiger charge is 2.15. The van der Waals surface area contributed by atoms with E-state index in [-0.39, 0.29) is 24.0 Å². The summed E-state index contributed by atoms with van der Waals surface area (Å²) in [5, 5.41) is 15.6. The van der Waals surface area contributed by atoms with E-state index in [1.54, 1.807) is 61.0 Å². The van der Waals surface area contributed by atoms with Gasteiger partial charge in [-0.3, -0.25) is 14.9 Å². The van der Waals surface area contributed by atoms with Gasteiger partial charge in [-0.25, -0.2) is 0 Å². The fourth-order valence-corrected chi connectivity index (χ4v) is 3.12. The fraction of sp³-hybridized carbons (Fsp3) is 0.105. The van der Waals surface area contributed by atoms with Gasteiger partial charge in [0.15, 0.2) is 5.75 Å². The zero-order valence-corrected chi connectivity index (χ0v) is 15.2. The molecule has 1 heterocycles. The number of nitrogens with one attached hydrogen (secondary N) is 1. The second-order valence-corrected chi connectivity index (χ2v) is 6.43. The van der Waals surface area contributed by atoms with Crippen LogP contribution in [0, 0.1) is 10.1 Å². The molecule has 27 heavy (non-hydrogen) atoms. The van der Waals surface area contributed by atoms with Crippen LogP contribution in [-0.2, 0) is 6.61 Å². The van der Waals surface area contributed by atoms with E-state index in [1.165, 1.54) is 17.4 Å². The van der Waals surface area contributed by atoms with Crippen molar-refractivity contribution in [2.45, 2.75) is 6.61 Å².